The van der Waals surface area contributed by atoms with E-state index in [0.29, 0.717) is 11.5 Å². The number of nitrogens with one attached hydrogen (secondary N) is 2. The number of amidine groups is 1. The van der Waals surface area contributed by atoms with Crippen LogP contribution in [0.5, 0.6) is 0 Å². The highest BCUT2D eigenvalue weighted by molar-refractivity contribution is 8.07. The fourth-order valence-corrected chi connectivity index (χ4v) is 4.54. The molecule has 1 amide bonds. The highest BCUT2D eigenvalue weighted by atomic mass is 32.2. The second kappa shape index (κ2) is 12.0. The van der Waals surface area contributed by atoms with Crippen molar-refractivity contribution < 1.29 is 9.63 Å². The molecule has 0 bridgehead atoms. The lowest BCUT2D eigenvalue weighted by atomic mass is 9.88. The minimum Gasteiger partial charge on any atom is -0.335 e. The predicted octanol–water partition coefficient (Wildman–Crippen LogP) is 4.81. The van der Waals surface area contributed by atoms with Crippen LogP contribution in [0.4, 0.5) is 0 Å². The van der Waals surface area contributed by atoms with Gasteiger partial charge in [0.15, 0.2) is 0 Å². The average molecular weight is 488 g/mol. The normalized spacial score (nSPS) is 23.8. The summed E-state index contributed by atoms with van der Waals surface area (Å²) in [6.45, 7) is 17.1. The highest BCUT2D eigenvalue weighted by Crippen LogP contribution is 2.34. The Morgan fingerprint density at radius 3 is 2.53 bits per heavy atom. The fourth-order valence-electron chi connectivity index (χ4n) is 3.81. The second-order valence-electron chi connectivity index (χ2n) is 9.92. The third kappa shape index (κ3) is 6.71. The molecular weight excluding hydrogens is 446 g/mol. The van der Waals surface area contributed by atoms with Gasteiger partial charge in [0.2, 0.25) is 12.1 Å². The van der Waals surface area contributed by atoms with Gasteiger partial charge in [-0.05, 0) is 64.6 Å². The first-order valence-corrected chi connectivity index (χ1v) is 13.0. The number of benzene rings is 1. The molecule has 1 aromatic rings. The van der Waals surface area contributed by atoms with E-state index in [1.54, 1.807) is 16.7 Å². The summed E-state index contributed by atoms with van der Waals surface area (Å²) >= 11 is 1.65. The van der Waals surface area contributed by atoms with Crippen LogP contribution in [0.2, 0.25) is 0 Å². The van der Waals surface area contributed by atoms with Crippen molar-refractivity contribution in [3.8, 4) is 0 Å². The zero-order chi connectivity index (χ0) is 25.5. The molecule has 34 heavy (non-hydrogen) atoms. The summed E-state index contributed by atoms with van der Waals surface area (Å²) in [6, 6.07) is 8.70. The topological polar surface area (TPSA) is 78.3 Å². The van der Waals surface area contributed by atoms with Crippen molar-refractivity contribution in [2.45, 2.75) is 72.2 Å². The molecule has 3 atom stereocenters. The van der Waals surface area contributed by atoms with Crippen LogP contribution < -0.4 is 10.8 Å². The summed E-state index contributed by atoms with van der Waals surface area (Å²) in [4.78, 5) is 28.7. The van der Waals surface area contributed by atoms with Crippen molar-refractivity contribution in [3.63, 3.8) is 0 Å². The van der Waals surface area contributed by atoms with Gasteiger partial charge in [0.25, 0.3) is 0 Å². The molecule has 7 nitrogen and oxygen atoms in total. The van der Waals surface area contributed by atoms with Gasteiger partial charge in [0.1, 0.15) is 5.84 Å². The van der Waals surface area contributed by atoms with Crippen molar-refractivity contribution >= 4 is 35.6 Å². The maximum atomic E-state index is 11.2. The smallest absolute Gasteiger partial charge is 0.210 e. The van der Waals surface area contributed by atoms with E-state index >= 15 is 0 Å². The molecular formula is C26H41N5O2S. The summed E-state index contributed by atoms with van der Waals surface area (Å²) in [5.74, 6) is 0.720. The summed E-state index contributed by atoms with van der Waals surface area (Å²) < 4.78 is 0. The van der Waals surface area contributed by atoms with Crippen molar-refractivity contribution in [2.75, 3.05) is 19.8 Å². The van der Waals surface area contributed by atoms with E-state index in [4.69, 9.17) is 9.83 Å². The van der Waals surface area contributed by atoms with Gasteiger partial charge in [-0.3, -0.25) is 9.79 Å². The fraction of sp³-hybridized carbons (Fsp3) is 0.577. The van der Waals surface area contributed by atoms with Crippen LogP contribution in [0.25, 0.3) is 4.91 Å². The Morgan fingerprint density at radius 2 is 2.06 bits per heavy atom. The number of likely N-dealkylation sites (tertiary alicyclic amines) is 1. The first-order chi connectivity index (χ1) is 16.0. The van der Waals surface area contributed by atoms with Gasteiger partial charge >= 0.3 is 0 Å². The van der Waals surface area contributed by atoms with E-state index in [1.165, 1.54) is 0 Å². The molecule has 2 N–H and O–H groups in total. The van der Waals surface area contributed by atoms with E-state index in [1.807, 2.05) is 51.4 Å². The van der Waals surface area contributed by atoms with E-state index in [9.17, 15) is 4.79 Å². The monoisotopic (exact) mass is 487 g/mol. The molecule has 0 spiro atoms. The Kier molecular flexibility index (Phi) is 9.91. The molecule has 1 saturated heterocycles. The Hall–Kier alpha value is -2.16. The van der Waals surface area contributed by atoms with Crippen LogP contribution in [0.1, 0.15) is 65.5 Å². The number of hydroxylamine groups is 1. The molecule has 3 rings (SSSR count). The van der Waals surface area contributed by atoms with Crippen molar-refractivity contribution in [1.82, 2.24) is 15.7 Å². The lowest BCUT2D eigenvalue weighted by Gasteiger charge is -2.26. The number of carbonyl (C=O) groups excluding carboxylic acids is 1. The number of rotatable bonds is 7. The minimum absolute atomic E-state index is 0.0269. The third-order valence-corrected chi connectivity index (χ3v) is 7.56. The van der Waals surface area contributed by atoms with Crippen LogP contribution in [-0.4, -0.2) is 55.8 Å². The van der Waals surface area contributed by atoms with Crippen LogP contribution in [0.15, 0.2) is 39.9 Å². The number of allylic oxidation sites excluding steroid dienone is 1. The number of thioether (sulfide) groups is 1. The maximum Gasteiger partial charge on any atom is 0.210 e. The molecule has 3 unspecified atom stereocenters. The molecule has 188 valence electrons. The van der Waals surface area contributed by atoms with E-state index in [0.717, 1.165) is 53.4 Å². The molecule has 0 radical (unpaired) electrons. The Balaban J connectivity index is 0.000000440. The van der Waals surface area contributed by atoms with Gasteiger partial charge in [-0.2, -0.15) is 0 Å². The number of amides is 1. The van der Waals surface area contributed by atoms with E-state index in [-0.39, 0.29) is 6.04 Å². The molecule has 0 aliphatic carbocycles. The van der Waals surface area contributed by atoms with Crippen molar-refractivity contribution in [1.29, 1.82) is 0 Å². The molecule has 2 heterocycles. The lowest BCUT2D eigenvalue weighted by Crippen LogP contribution is -2.40. The number of hydrogen-bond donors (Lipinski definition) is 2. The van der Waals surface area contributed by atoms with Gasteiger partial charge in [-0.15, -0.1) is 11.8 Å². The molecule has 2 aliphatic heterocycles. The summed E-state index contributed by atoms with van der Waals surface area (Å²) in [7, 11) is 2.00. The zero-order valence-corrected chi connectivity index (χ0v) is 22.8. The Morgan fingerprint density at radius 1 is 1.41 bits per heavy atom. The highest BCUT2D eigenvalue weighted by Gasteiger charge is 2.39. The summed E-state index contributed by atoms with van der Waals surface area (Å²) in [6.07, 6.45) is 4.80. The van der Waals surface area contributed by atoms with Gasteiger partial charge in [-0.1, -0.05) is 45.0 Å². The summed E-state index contributed by atoms with van der Waals surface area (Å²) in [5, 5.41) is 3.20. The minimum atomic E-state index is -0.806. The van der Waals surface area contributed by atoms with Crippen molar-refractivity contribution in [3.05, 3.63) is 41.1 Å². The standard InChI is InChI=1S/C19H24N4O2S.C7H17N/c1-13(20-3)17(26-4)14-7-9-15(10-8-14)19(2)21-18(22-25-19)16-6-5-11-23(16)12-24;1-6(8-5)7(2,3)4/h7-10,12,16H,3,5-6,11H2,1-2,4H3,(H,21,22);6,8H,1-5H3/b17-13-;. The maximum absolute atomic E-state index is 11.2. The van der Waals surface area contributed by atoms with Gasteiger partial charge < -0.3 is 10.2 Å². The Labute approximate surface area is 209 Å². The van der Waals surface area contributed by atoms with Crippen LogP contribution in [0, 0.1) is 5.41 Å². The first-order valence-electron chi connectivity index (χ1n) is 11.7. The second-order valence-corrected chi connectivity index (χ2v) is 10.7. The molecule has 1 fully saturated rings. The number of nitrogens with zero attached hydrogens (tertiary/aromatic N) is 3. The van der Waals surface area contributed by atoms with Gasteiger partial charge in [0.05, 0.1) is 11.7 Å². The average Bonchev–Trinajstić information content (AvgIpc) is 3.46. The largest absolute Gasteiger partial charge is 0.335 e. The number of aliphatic imine (C=N–C) groups is 2. The zero-order valence-electron chi connectivity index (χ0n) is 21.9. The first kappa shape index (κ1) is 28.1. The quantitative estimate of drug-likeness (QED) is 0.426. The lowest BCUT2D eigenvalue weighted by molar-refractivity contribution is -0.118. The molecule has 1 aromatic carbocycles. The van der Waals surface area contributed by atoms with E-state index in [2.05, 4.69) is 50.2 Å². The van der Waals surface area contributed by atoms with Crippen molar-refractivity contribution in [2.24, 2.45) is 15.4 Å². The molecule has 8 heteroatoms. The van der Waals surface area contributed by atoms with Gasteiger partial charge in [0, 0.05) is 23.1 Å². The van der Waals surface area contributed by atoms with Crippen LogP contribution in [0.3, 0.4) is 0 Å². The summed E-state index contributed by atoms with van der Waals surface area (Å²) in [5.41, 5.74) is 5.48. The number of hydrogen-bond acceptors (Lipinski definition) is 7. The van der Waals surface area contributed by atoms with E-state index < -0.39 is 5.72 Å². The molecule has 2 aliphatic rings. The Bertz CT molecular complexity index is 907. The SMILES string of the molecule is C=N/C(C)=C(\SC)c1ccc(C2(C)N=C(C3CCCN3C=O)NO2)cc1.CNC(C)C(C)(C)C. The van der Waals surface area contributed by atoms with Crippen LogP contribution >= 0.6 is 11.8 Å². The predicted molar refractivity (Wildman–Crippen MR) is 145 cm³/mol. The number of carbonyl (C=O) groups is 1. The molecule has 0 saturated carbocycles. The van der Waals surface area contributed by atoms with Gasteiger partial charge in [-0.25, -0.2) is 15.3 Å². The molecule has 0 aromatic heterocycles. The van der Waals surface area contributed by atoms with Crippen LogP contribution in [-0.2, 0) is 15.4 Å². The third-order valence-electron chi connectivity index (χ3n) is 6.62.